The molecule has 0 spiro atoms. The van der Waals surface area contributed by atoms with Crippen molar-refractivity contribution in [2.45, 2.75) is 3.71 Å². The Labute approximate surface area is 150 Å². The van der Waals surface area contributed by atoms with Gasteiger partial charge >= 0.3 is 151 Å². The number of ether oxygens (including phenoxy) is 1. The van der Waals surface area contributed by atoms with Crippen molar-refractivity contribution in [3.63, 3.8) is 0 Å². The summed E-state index contributed by atoms with van der Waals surface area (Å²) in [6.07, 6.45) is 0. The fourth-order valence-corrected chi connectivity index (χ4v) is 8.80. The Morgan fingerprint density at radius 1 is 0.652 bits per heavy atom. The standard InChI is InChI=1S/C20H18OSe2/c1-21-17-14-12-16(13-15-17)20(22-18-8-4-2-5-9-18)23-19-10-6-3-7-11-19/h2-15,20H,1H3. The molecule has 0 fully saturated rings. The monoisotopic (exact) mass is 434 g/mol. The average molecular weight is 432 g/mol. The predicted molar refractivity (Wildman–Crippen MR) is 99.4 cm³/mol. The predicted octanol–water partition coefficient (Wildman–Crippen LogP) is 2.75. The van der Waals surface area contributed by atoms with E-state index in [-0.39, 0.29) is 0 Å². The minimum absolute atomic E-state index is 0.422. The fraction of sp³-hybridized carbons (Fsp3) is 0.100. The van der Waals surface area contributed by atoms with Crippen LogP contribution in [0.15, 0.2) is 84.9 Å². The topological polar surface area (TPSA) is 9.23 Å². The van der Waals surface area contributed by atoms with E-state index in [4.69, 9.17) is 4.74 Å². The van der Waals surface area contributed by atoms with Crippen molar-refractivity contribution in [3.8, 4) is 5.75 Å². The Bertz CT molecular complexity index is 670. The summed E-state index contributed by atoms with van der Waals surface area (Å²) in [4.78, 5) is 0. The molecular weight excluding hydrogens is 414 g/mol. The van der Waals surface area contributed by atoms with E-state index in [1.165, 1.54) is 14.5 Å². The summed E-state index contributed by atoms with van der Waals surface area (Å²) in [6.45, 7) is 0. The summed E-state index contributed by atoms with van der Waals surface area (Å²) < 4.78 is 8.80. The molecule has 3 heteroatoms. The van der Waals surface area contributed by atoms with Crippen molar-refractivity contribution in [2.24, 2.45) is 0 Å². The molecule has 0 aliphatic carbocycles. The molecule has 116 valence electrons. The van der Waals surface area contributed by atoms with E-state index >= 15 is 0 Å². The van der Waals surface area contributed by atoms with E-state index in [1.807, 2.05) is 0 Å². The van der Waals surface area contributed by atoms with Crippen molar-refractivity contribution in [1.29, 1.82) is 0 Å². The number of rotatable bonds is 6. The van der Waals surface area contributed by atoms with Crippen LogP contribution in [-0.2, 0) is 0 Å². The van der Waals surface area contributed by atoms with Crippen molar-refractivity contribution >= 4 is 38.8 Å². The van der Waals surface area contributed by atoms with Crippen LogP contribution < -0.4 is 13.7 Å². The van der Waals surface area contributed by atoms with Gasteiger partial charge in [0.15, 0.2) is 0 Å². The summed E-state index contributed by atoms with van der Waals surface area (Å²) >= 11 is 0.845. The molecule has 0 unspecified atom stereocenters. The average Bonchev–Trinajstić information content (AvgIpc) is 2.63. The Balaban J connectivity index is 1.85. The zero-order valence-corrected chi connectivity index (χ0v) is 16.3. The Morgan fingerprint density at radius 3 is 1.57 bits per heavy atom. The third-order valence-corrected chi connectivity index (χ3v) is 9.78. The zero-order valence-electron chi connectivity index (χ0n) is 12.9. The molecule has 3 aromatic rings. The first-order valence-corrected chi connectivity index (χ1v) is 11.1. The molecule has 0 aliphatic rings. The molecular formula is C20H18OSe2. The first kappa shape index (κ1) is 16.4. The summed E-state index contributed by atoms with van der Waals surface area (Å²) in [5.74, 6) is 0.923. The molecule has 0 atom stereocenters. The van der Waals surface area contributed by atoms with Crippen molar-refractivity contribution < 1.29 is 4.74 Å². The Hall–Kier alpha value is -1.50. The quantitative estimate of drug-likeness (QED) is 0.545. The van der Waals surface area contributed by atoms with Gasteiger partial charge in [0.05, 0.1) is 0 Å². The molecule has 0 aromatic heterocycles. The molecule has 0 saturated heterocycles. The van der Waals surface area contributed by atoms with E-state index in [2.05, 4.69) is 84.9 Å². The molecule has 3 aromatic carbocycles. The van der Waals surface area contributed by atoms with Crippen LogP contribution in [0.1, 0.15) is 9.28 Å². The summed E-state index contributed by atoms with van der Waals surface area (Å²) in [6, 6.07) is 30.3. The molecule has 23 heavy (non-hydrogen) atoms. The van der Waals surface area contributed by atoms with Crippen molar-refractivity contribution in [2.75, 3.05) is 7.11 Å². The Morgan fingerprint density at radius 2 is 1.13 bits per heavy atom. The number of hydrogen-bond acceptors (Lipinski definition) is 1. The minimum atomic E-state index is 0.422. The van der Waals surface area contributed by atoms with Crippen LogP contribution in [0.3, 0.4) is 0 Å². The fourth-order valence-electron chi connectivity index (χ4n) is 2.17. The summed E-state index contributed by atoms with van der Waals surface area (Å²) in [5, 5.41) is 0. The molecule has 3 rings (SSSR count). The van der Waals surface area contributed by atoms with Gasteiger partial charge in [-0.15, -0.1) is 0 Å². The second kappa shape index (κ2) is 8.38. The van der Waals surface area contributed by atoms with Gasteiger partial charge < -0.3 is 0 Å². The van der Waals surface area contributed by atoms with Gasteiger partial charge in [-0.25, -0.2) is 0 Å². The van der Waals surface area contributed by atoms with Crippen LogP contribution in [0, 0.1) is 0 Å². The van der Waals surface area contributed by atoms with Crippen LogP contribution in [0.4, 0.5) is 0 Å². The molecule has 1 nitrogen and oxygen atoms in total. The third kappa shape index (κ3) is 4.73. The first-order valence-electron chi connectivity index (χ1n) is 7.42. The van der Waals surface area contributed by atoms with E-state index < -0.39 is 0 Å². The molecule has 0 heterocycles. The van der Waals surface area contributed by atoms with Crippen molar-refractivity contribution in [1.82, 2.24) is 0 Å². The van der Waals surface area contributed by atoms with E-state index in [9.17, 15) is 0 Å². The van der Waals surface area contributed by atoms with Gasteiger partial charge in [-0.2, -0.15) is 0 Å². The first-order chi connectivity index (χ1) is 11.3. The SMILES string of the molecule is COc1ccc(C([Se]c2ccccc2)[Se]c2ccccc2)cc1. The second-order valence-electron chi connectivity index (χ2n) is 4.97. The molecule has 0 N–H and O–H groups in total. The van der Waals surface area contributed by atoms with Crippen LogP contribution in [0.25, 0.3) is 0 Å². The van der Waals surface area contributed by atoms with Gasteiger partial charge in [-0.05, 0) is 0 Å². The summed E-state index contributed by atoms with van der Waals surface area (Å²) in [5.41, 5.74) is 1.42. The van der Waals surface area contributed by atoms with Crippen LogP contribution in [0.2, 0.25) is 0 Å². The maximum atomic E-state index is 5.30. The van der Waals surface area contributed by atoms with Gasteiger partial charge in [-0.3, -0.25) is 0 Å². The van der Waals surface area contributed by atoms with Gasteiger partial charge in [0.1, 0.15) is 0 Å². The molecule has 0 aliphatic heterocycles. The Kier molecular flexibility index (Phi) is 5.96. The number of hydrogen-bond donors (Lipinski definition) is 0. The van der Waals surface area contributed by atoms with E-state index in [0.717, 1.165) is 5.75 Å². The van der Waals surface area contributed by atoms with Crippen LogP contribution >= 0.6 is 0 Å². The number of methoxy groups -OCH3 is 1. The molecule has 0 saturated carbocycles. The molecule has 0 amide bonds. The normalized spacial score (nSPS) is 10.7. The van der Waals surface area contributed by atoms with Gasteiger partial charge in [-0.1, -0.05) is 0 Å². The molecule has 0 radical (unpaired) electrons. The van der Waals surface area contributed by atoms with Gasteiger partial charge in [0, 0.05) is 0 Å². The van der Waals surface area contributed by atoms with Crippen molar-refractivity contribution in [3.05, 3.63) is 90.5 Å². The number of benzene rings is 3. The van der Waals surface area contributed by atoms with Crippen LogP contribution in [0.5, 0.6) is 5.75 Å². The molecule has 0 bridgehead atoms. The van der Waals surface area contributed by atoms with Gasteiger partial charge in [0.2, 0.25) is 0 Å². The van der Waals surface area contributed by atoms with Crippen LogP contribution in [-0.4, -0.2) is 37.0 Å². The zero-order chi connectivity index (χ0) is 15.9. The van der Waals surface area contributed by atoms with E-state index in [0.29, 0.717) is 33.6 Å². The van der Waals surface area contributed by atoms with E-state index in [1.54, 1.807) is 7.11 Å². The van der Waals surface area contributed by atoms with Gasteiger partial charge in [0.25, 0.3) is 0 Å². The second-order valence-corrected chi connectivity index (χ2v) is 11.4. The summed E-state index contributed by atoms with van der Waals surface area (Å²) in [7, 11) is 1.72. The third-order valence-electron chi connectivity index (χ3n) is 3.36. The maximum absolute atomic E-state index is 5.30.